The van der Waals surface area contributed by atoms with Gasteiger partial charge in [-0.1, -0.05) is 38.0 Å². The van der Waals surface area contributed by atoms with Gasteiger partial charge in [-0.3, -0.25) is 0 Å². The molecule has 0 aliphatic heterocycles. The molecule has 0 amide bonds. The summed E-state index contributed by atoms with van der Waals surface area (Å²) in [7, 11) is 0. The van der Waals surface area contributed by atoms with Crippen LogP contribution in [0.5, 0.6) is 0 Å². The maximum Gasteiger partial charge on any atom is 0.328 e. The number of allylic oxidation sites excluding steroid dienone is 2. The molecule has 0 aromatic carbocycles. The molecule has 0 radical (unpaired) electrons. The second-order valence-electron chi connectivity index (χ2n) is 8.15. The average Bonchev–Trinajstić information content (AvgIpc) is 2.45. The van der Waals surface area contributed by atoms with Gasteiger partial charge in [0, 0.05) is 11.5 Å². The lowest BCUT2D eigenvalue weighted by Crippen LogP contribution is -2.51. The van der Waals surface area contributed by atoms with Crippen LogP contribution < -0.4 is 0 Å². The van der Waals surface area contributed by atoms with Gasteiger partial charge >= 0.3 is 5.97 Å². The maximum atomic E-state index is 11.8. The van der Waals surface area contributed by atoms with E-state index < -0.39 is 5.97 Å². The Kier molecular flexibility index (Phi) is 5.17. The Morgan fingerprint density at radius 3 is 2.70 bits per heavy atom. The molecule has 1 N–H and O–H groups in total. The lowest BCUT2D eigenvalue weighted by Gasteiger charge is -2.57. The van der Waals surface area contributed by atoms with E-state index in [-0.39, 0.29) is 10.8 Å². The van der Waals surface area contributed by atoms with E-state index in [1.165, 1.54) is 17.9 Å². The molecule has 2 rings (SSSR count). The van der Waals surface area contributed by atoms with Crippen molar-refractivity contribution < 1.29 is 14.7 Å². The van der Waals surface area contributed by atoms with E-state index in [1.807, 2.05) is 6.92 Å². The zero-order valence-corrected chi connectivity index (χ0v) is 14.7. The van der Waals surface area contributed by atoms with Crippen molar-refractivity contribution in [3.63, 3.8) is 0 Å². The number of rotatable bonds is 5. The molecule has 4 atom stereocenters. The Labute approximate surface area is 139 Å². The Morgan fingerprint density at radius 1 is 1.39 bits per heavy atom. The molecule has 0 aromatic rings. The summed E-state index contributed by atoms with van der Waals surface area (Å²) in [5.74, 6) is -0.0706. The number of carboxylic acid groups (broad SMARTS) is 1. The quantitative estimate of drug-likeness (QED) is 0.451. The van der Waals surface area contributed by atoms with E-state index in [9.17, 15) is 9.59 Å². The van der Waals surface area contributed by atoms with Crippen LogP contribution in [0, 0.1) is 22.7 Å². The predicted molar refractivity (Wildman–Crippen MR) is 92.1 cm³/mol. The molecular weight excluding hydrogens is 288 g/mol. The zero-order valence-electron chi connectivity index (χ0n) is 14.7. The minimum Gasteiger partial charge on any atom is -0.478 e. The SMILES string of the molecule is C=C1CC[C@@H]2[C@](C)(CCC[C@]2(C)C=O)[C@H]1CC/C(C)=C/C(=O)O. The molecule has 128 valence electrons. The Hall–Kier alpha value is -1.38. The summed E-state index contributed by atoms with van der Waals surface area (Å²) < 4.78 is 0. The fourth-order valence-electron chi connectivity index (χ4n) is 5.33. The highest BCUT2D eigenvalue weighted by atomic mass is 16.4. The predicted octanol–water partition coefficient (Wildman–Crippen LogP) is 4.78. The van der Waals surface area contributed by atoms with Crippen LogP contribution in [-0.4, -0.2) is 17.4 Å². The molecule has 2 aliphatic carbocycles. The van der Waals surface area contributed by atoms with Crippen LogP contribution in [0.2, 0.25) is 0 Å². The van der Waals surface area contributed by atoms with Gasteiger partial charge in [-0.25, -0.2) is 4.79 Å². The van der Waals surface area contributed by atoms with Gasteiger partial charge in [0.2, 0.25) is 0 Å². The van der Waals surface area contributed by atoms with Crippen LogP contribution >= 0.6 is 0 Å². The molecule has 2 fully saturated rings. The van der Waals surface area contributed by atoms with E-state index in [0.29, 0.717) is 11.8 Å². The van der Waals surface area contributed by atoms with E-state index in [2.05, 4.69) is 20.4 Å². The number of fused-ring (bicyclic) bond motifs is 1. The second kappa shape index (κ2) is 6.62. The number of aldehydes is 1. The summed E-state index contributed by atoms with van der Waals surface area (Å²) in [5.41, 5.74) is 2.11. The number of hydrogen-bond donors (Lipinski definition) is 1. The van der Waals surface area contributed by atoms with Crippen molar-refractivity contribution in [1.82, 2.24) is 0 Å². The van der Waals surface area contributed by atoms with E-state index in [0.717, 1.165) is 50.5 Å². The fourth-order valence-corrected chi connectivity index (χ4v) is 5.33. The molecule has 0 spiro atoms. The Balaban J connectivity index is 2.22. The molecule has 2 aliphatic rings. The van der Waals surface area contributed by atoms with Gasteiger partial charge in [0.05, 0.1) is 0 Å². The second-order valence-corrected chi connectivity index (χ2v) is 8.15. The van der Waals surface area contributed by atoms with Gasteiger partial charge < -0.3 is 9.90 Å². The number of carbonyl (C=O) groups excluding carboxylic acids is 1. The van der Waals surface area contributed by atoms with Crippen LogP contribution in [-0.2, 0) is 9.59 Å². The summed E-state index contributed by atoms with van der Waals surface area (Å²) in [6, 6.07) is 0. The van der Waals surface area contributed by atoms with Gasteiger partial charge in [-0.05, 0) is 62.7 Å². The third-order valence-corrected chi connectivity index (χ3v) is 6.53. The summed E-state index contributed by atoms with van der Waals surface area (Å²) in [5, 5.41) is 8.88. The van der Waals surface area contributed by atoms with Crippen LogP contribution in [0.1, 0.15) is 65.7 Å². The summed E-state index contributed by atoms with van der Waals surface area (Å²) in [6.07, 6.45) is 9.52. The van der Waals surface area contributed by atoms with E-state index >= 15 is 0 Å². The molecular formula is C20H30O3. The van der Waals surface area contributed by atoms with Crippen molar-refractivity contribution in [2.45, 2.75) is 65.7 Å². The topological polar surface area (TPSA) is 54.4 Å². The molecule has 0 heterocycles. The van der Waals surface area contributed by atoms with Crippen molar-refractivity contribution in [2.24, 2.45) is 22.7 Å². The smallest absolute Gasteiger partial charge is 0.328 e. The summed E-state index contributed by atoms with van der Waals surface area (Å²) >= 11 is 0. The molecule has 2 saturated carbocycles. The van der Waals surface area contributed by atoms with Crippen LogP contribution in [0.3, 0.4) is 0 Å². The van der Waals surface area contributed by atoms with Crippen molar-refractivity contribution in [1.29, 1.82) is 0 Å². The molecule has 3 heteroatoms. The summed E-state index contributed by atoms with van der Waals surface area (Å²) in [6.45, 7) is 10.7. The van der Waals surface area contributed by atoms with Crippen molar-refractivity contribution >= 4 is 12.3 Å². The van der Waals surface area contributed by atoms with E-state index in [4.69, 9.17) is 5.11 Å². The Morgan fingerprint density at radius 2 is 2.09 bits per heavy atom. The largest absolute Gasteiger partial charge is 0.478 e. The standard InChI is InChI=1S/C20H30O3/c1-14(12-18(22)23)6-8-16-15(2)7-9-17-19(3,13-21)10-5-11-20(16,17)4/h12-13,16-17H,2,5-11H2,1,3-4H3,(H,22,23)/b14-12+/t16-,17-,19+,20+/m0/s1. The van der Waals surface area contributed by atoms with Gasteiger partial charge in [-0.15, -0.1) is 0 Å². The normalized spacial score (nSPS) is 38.0. The first-order chi connectivity index (χ1) is 10.7. The van der Waals surface area contributed by atoms with Crippen LogP contribution in [0.25, 0.3) is 0 Å². The van der Waals surface area contributed by atoms with Crippen molar-refractivity contribution in [3.8, 4) is 0 Å². The molecule has 3 nitrogen and oxygen atoms in total. The molecule has 0 bridgehead atoms. The highest BCUT2D eigenvalue weighted by Gasteiger charge is 2.54. The first-order valence-corrected chi connectivity index (χ1v) is 8.77. The average molecular weight is 318 g/mol. The fraction of sp³-hybridized carbons (Fsp3) is 0.700. The van der Waals surface area contributed by atoms with Crippen LogP contribution in [0.15, 0.2) is 23.8 Å². The monoisotopic (exact) mass is 318 g/mol. The molecule has 0 unspecified atom stereocenters. The van der Waals surface area contributed by atoms with Gasteiger partial charge in [0.1, 0.15) is 6.29 Å². The number of hydrogen-bond acceptors (Lipinski definition) is 2. The highest BCUT2D eigenvalue weighted by Crippen LogP contribution is 2.61. The highest BCUT2D eigenvalue weighted by molar-refractivity contribution is 5.80. The first kappa shape index (κ1) is 18.0. The number of carboxylic acids is 1. The van der Waals surface area contributed by atoms with E-state index in [1.54, 1.807) is 0 Å². The van der Waals surface area contributed by atoms with Crippen LogP contribution in [0.4, 0.5) is 0 Å². The van der Waals surface area contributed by atoms with Gasteiger partial charge in [-0.2, -0.15) is 0 Å². The van der Waals surface area contributed by atoms with Gasteiger partial charge in [0.25, 0.3) is 0 Å². The molecule has 0 saturated heterocycles. The minimum atomic E-state index is -0.875. The number of aliphatic carboxylic acids is 1. The molecule has 0 aromatic heterocycles. The maximum absolute atomic E-state index is 11.8. The number of carbonyl (C=O) groups is 2. The lowest BCUT2D eigenvalue weighted by atomic mass is 9.47. The summed E-state index contributed by atoms with van der Waals surface area (Å²) in [4.78, 5) is 22.6. The molecule has 23 heavy (non-hydrogen) atoms. The third kappa shape index (κ3) is 3.44. The van der Waals surface area contributed by atoms with Crippen molar-refractivity contribution in [3.05, 3.63) is 23.8 Å². The lowest BCUT2D eigenvalue weighted by molar-refractivity contribution is -0.132. The van der Waals surface area contributed by atoms with Gasteiger partial charge in [0.15, 0.2) is 0 Å². The van der Waals surface area contributed by atoms with Crippen molar-refractivity contribution in [2.75, 3.05) is 0 Å². The Bertz CT molecular complexity index is 533. The third-order valence-electron chi connectivity index (χ3n) is 6.53. The first-order valence-electron chi connectivity index (χ1n) is 8.77. The minimum absolute atomic E-state index is 0.118. The zero-order chi connectivity index (χ0) is 17.3.